The standard InChI is InChI=1S/C18H15NO2/c1-13-5-2-3-7-16(13)18(20)21-12-14-8-9-15-6-4-10-19-17(15)11-14/h2-11H,12H2,1H3. The van der Waals surface area contributed by atoms with Gasteiger partial charge in [0.25, 0.3) is 0 Å². The molecule has 3 aromatic rings. The average Bonchev–Trinajstić information content (AvgIpc) is 2.53. The number of carbonyl (C=O) groups is 1. The third-order valence-corrected chi connectivity index (χ3v) is 3.41. The van der Waals surface area contributed by atoms with Gasteiger partial charge in [0.15, 0.2) is 0 Å². The molecule has 3 heteroatoms. The van der Waals surface area contributed by atoms with Crippen LogP contribution >= 0.6 is 0 Å². The van der Waals surface area contributed by atoms with Gasteiger partial charge in [-0.15, -0.1) is 0 Å². The van der Waals surface area contributed by atoms with E-state index in [4.69, 9.17) is 4.74 Å². The lowest BCUT2D eigenvalue weighted by atomic mass is 10.1. The summed E-state index contributed by atoms with van der Waals surface area (Å²) in [4.78, 5) is 16.4. The lowest BCUT2D eigenvalue weighted by molar-refractivity contribution is 0.0472. The van der Waals surface area contributed by atoms with Crippen molar-refractivity contribution in [2.45, 2.75) is 13.5 Å². The van der Waals surface area contributed by atoms with Gasteiger partial charge in [-0.3, -0.25) is 4.98 Å². The van der Waals surface area contributed by atoms with E-state index in [-0.39, 0.29) is 12.6 Å². The number of carbonyl (C=O) groups excluding carboxylic acids is 1. The van der Waals surface area contributed by atoms with Crippen LogP contribution in [0.5, 0.6) is 0 Å². The highest BCUT2D eigenvalue weighted by Crippen LogP contribution is 2.15. The van der Waals surface area contributed by atoms with Crippen LogP contribution in [0.2, 0.25) is 0 Å². The molecular formula is C18H15NO2. The van der Waals surface area contributed by atoms with E-state index in [0.717, 1.165) is 22.0 Å². The van der Waals surface area contributed by atoms with Gasteiger partial charge in [-0.1, -0.05) is 36.4 Å². The Kier molecular flexibility index (Phi) is 3.65. The molecule has 104 valence electrons. The molecule has 0 N–H and O–H groups in total. The number of esters is 1. The largest absolute Gasteiger partial charge is 0.457 e. The lowest BCUT2D eigenvalue weighted by Gasteiger charge is -2.07. The van der Waals surface area contributed by atoms with Crippen molar-refractivity contribution in [3.8, 4) is 0 Å². The zero-order valence-corrected chi connectivity index (χ0v) is 11.7. The highest BCUT2D eigenvalue weighted by molar-refractivity contribution is 5.91. The maximum Gasteiger partial charge on any atom is 0.338 e. The van der Waals surface area contributed by atoms with E-state index in [1.165, 1.54) is 0 Å². The number of benzene rings is 2. The number of pyridine rings is 1. The maximum absolute atomic E-state index is 12.1. The van der Waals surface area contributed by atoms with Crippen LogP contribution in [-0.4, -0.2) is 11.0 Å². The van der Waals surface area contributed by atoms with Crippen molar-refractivity contribution in [1.82, 2.24) is 4.98 Å². The molecule has 3 rings (SSSR count). The predicted octanol–water partition coefficient (Wildman–Crippen LogP) is 3.90. The highest BCUT2D eigenvalue weighted by Gasteiger charge is 2.09. The summed E-state index contributed by atoms with van der Waals surface area (Å²) in [6.45, 7) is 2.15. The molecule has 0 aliphatic rings. The van der Waals surface area contributed by atoms with E-state index in [1.54, 1.807) is 12.3 Å². The monoisotopic (exact) mass is 277 g/mol. The van der Waals surface area contributed by atoms with E-state index in [9.17, 15) is 4.79 Å². The van der Waals surface area contributed by atoms with Crippen molar-refractivity contribution in [1.29, 1.82) is 0 Å². The van der Waals surface area contributed by atoms with E-state index >= 15 is 0 Å². The van der Waals surface area contributed by atoms with Crippen molar-refractivity contribution in [3.05, 3.63) is 77.5 Å². The summed E-state index contributed by atoms with van der Waals surface area (Å²) < 4.78 is 5.38. The minimum atomic E-state index is -0.297. The van der Waals surface area contributed by atoms with Gasteiger partial charge in [0.05, 0.1) is 11.1 Å². The number of ether oxygens (including phenoxy) is 1. The van der Waals surface area contributed by atoms with E-state index in [0.29, 0.717) is 5.56 Å². The Bertz CT molecular complexity index is 796. The zero-order chi connectivity index (χ0) is 14.7. The van der Waals surface area contributed by atoms with Crippen LogP contribution in [0.25, 0.3) is 10.9 Å². The first-order valence-electron chi connectivity index (χ1n) is 6.80. The molecule has 0 saturated carbocycles. The number of fused-ring (bicyclic) bond motifs is 1. The topological polar surface area (TPSA) is 39.2 Å². The van der Waals surface area contributed by atoms with Crippen molar-refractivity contribution < 1.29 is 9.53 Å². The second-order valence-corrected chi connectivity index (χ2v) is 4.92. The van der Waals surface area contributed by atoms with Crippen LogP contribution in [0.3, 0.4) is 0 Å². The number of nitrogens with zero attached hydrogens (tertiary/aromatic N) is 1. The summed E-state index contributed by atoms with van der Waals surface area (Å²) >= 11 is 0. The molecule has 0 atom stereocenters. The average molecular weight is 277 g/mol. The second-order valence-electron chi connectivity index (χ2n) is 4.92. The molecule has 2 aromatic carbocycles. The summed E-state index contributed by atoms with van der Waals surface area (Å²) in [5, 5.41) is 1.08. The Labute approximate surface area is 123 Å². The van der Waals surface area contributed by atoms with Gasteiger partial charge in [-0.05, 0) is 36.2 Å². The van der Waals surface area contributed by atoms with Crippen LogP contribution in [0, 0.1) is 6.92 Å². The summed E-state index contributed by atoms with van der Waals surface area (Å²) in [7, 11) is 0. The predicted molar refractivity (Wildman–Crippen MR) is 82.0 cm³/mol. The molecule has 0 aliphatic heterocycles. The fourth-order valence-electron chi connectivity index (χ4n) is 2.23. The fraction of sp³-hybridized carbons (Fsp3) is 0.111. The Morgan fingerprint density at radius 1 is 1.10 bits per heavy atom. The molecule has 0 amide bonds. The van der Waals surface area contributed by atoms with Gasteiger partial charge in [0, 0.05) is 11.6 Å². The molecule has 1 aromatic heterocycles. The molecule has 0 spiro atoms. The van der Waals surface area contributed by atoms with Gasteiger partial charge in [-0.25, -0.2) is 4.79 Å². The first-order chi connectivity index (χ1) is 10.2. The van der Waals surface area contributed by atoms with Gasteiger partial charge < -0.3 is 4.74 Å². The minimum Gasteiger partial charge on any atom is -0.457 e. The normalized spacial score (nSPS) is 10.5. The summed E-state index contributed by atoms with van der Waals surface area (Å²) in [5.74, 6) is -0.297. The maximum atomic E-state index is 12.1. The molecule has 0 saturated heterocycles. The SMILES string of the molecule is Cc1ccccc1C(=O)OCc1ccc2cccnc2c1. The molecule has 3 nitrogen and oxygen atoms in total. The lowest BCUT2D eigenvalue weighted by Crippen LogP contribution is -2.06. The van der Waals surface area contributed by atoms with E-state index in [2.05, 4.69) is 4.98 Å². The number of aromatic nitrogens is 1. The molecule has 0 aliphatic carbocycles. The Morgan fingerprint density at radius 2 is 1.95 bits per heavy atom. The third kappa shape index (κ3) is 2.92. The molecule has 0 unspecified atom stereocenters. The van der Waals surface area contributed by atoms with Gasteiger partial charge in [-0.2, -0.15) is 0 Å². The van der Waals surface area contributed by atoms with Crippen LogP contribution in [0.4, 0.5) is 0 Å². The smallest absolute Gasteiger partial charge is 0.338 e. The van der Waals surface area contributed by atoms with Crippen molar-refractivity contribution >= 4 is 16.9 Å². The number of aryl methyl sites for hydroxylation is 1. The molecule has 1 heterocycles. The molecular weight excluding hydrogens is 262 g/mol. The van der Waals surface area contributed by atoms with Crippen molar-refractivity contribution in [3.63, 3.8) is 0 Å². The van der Waals surface area contributed by atoms with Crippen molar-refractivity contribution in [2.24, 2.45) is 0 Å². The highest BCUT2D eigenvalue weighted by atomic mass is 16.5. The first kappa shape index (κ1) is 13.3. The third-order valence-electron chi connectivity index (χ3n) is 3.41. The van der Waals surface area contributed by atoms with Crippen LogP contribution in [-0.2, 0) is 11.3 Å². The van der Waals surface area contributed by atoms with Gasteiger partial charge >= 0.3 is 5.97 Å². The van der Waals surface area contributed by atoms with Crippen LogP contribution in [0.1, 0.15) is 21.5 Å². The number of hydrogen-bond donors (Lipinski definition) is 0. The fourth-order valence-corrected chi connectivity index (χ4v) is 2.23. The van der Waals surface area contributed by atoms with Crippen molar-refractivity contribution in [2.75, 3.05) is 0 Å². The van der Waals surface area contributed by atoms with E-state index in [1.807, 2.05) is 55.5 Å². The Morgan fingerprint density at radius 3 is 2.81 bits per heavy atom. The molecule has 0 bridgehead atoms. The molecule has 0 fully saturated rings. The molecule has 0 radical (unpaired) electrons. The molecule has 21 heavy (non-hydrogen) atoms. The number of rotatable bonds is 3. The zero-order valence-electron chi connectivity index (χ0n) is 11.7. The number of hydrogen-bond acceptors (Lipinski definition) is 3. The van der Waals surface area contributed by atoms with Crippen LogP contribution < -0.4 is 0 Å². The Hall–Kier alpha value is -2.68. The second kappa shape index (κ2) is 5.75. The Balaban J connectivity index is 1.74. The minimum absolute atomic E-state index is 0.250. The van der Waals surface area contributed by atoms with E-state index < -0.39 is 0 Å². The summed E-state index contributed by atoms with van der Waals surface area (Å²) in [6, 6.07) is 17.2. The first-order valence-corrected chi connectivity index (χ1v) is 6.80. The summed E-state index contributed by atoms with van der Waals surface area (Å²) in [5.41, 5.74) is 3.36. The van der Waals surface area contributed by atoms with Gasteiger partial charge in [0.2, 0.25) is 0 Å². The quantitative estimate of drug-likeness (QED) is 0.681. The van der Waals surface area contributed by atoms with Crippen LogP contribution in [0.15, 0.2) is 60.8 Å². The van der Waals surface area contributed by atoms with Gasteiger partial charge in [0.1, 0.15) is 6.61 Å². The summed E-state index contributed by atoms with van der Waals surface area (Å²) in [6.07, 6.45) is 1.76.